The second-order valence-corrected chi connectivity index (χ2v) is 5.98. The molecule has 2 aromatic heterocycles. The molecule has 0 unspecified atom stereocenters. The van der Waals surface area contributed by atoms with E-state index in [4.69, 9.17) is 11.6 Å². The van der Waals surface area contributed by atoms with Crippen LogP contribution in [-0.4, -0.2) is 15.3 Å². The number of nitrogens with one attached hydrogen (secondary N) is 1. The summed E-state index contributed by atoms with van der Waals surface area (Å²) >= 11 is 6.25. The fraction of sp³-hybridized carbons (Fsp3) is 0.176. The molecule has 3 heterocycles. The zero-order valence-corrected chi connectivity index (χ0v) is 12.8. The van der Waals surface area contributed by atoms with Crippen molar-refractivity contribution in [2.75, 3.05) is 0 Å². The first-order valence-electron chi connectivity index (χ1n) is 7.31. The third-order valence-electron chi connectivity index (χ3n) is 4.15. The van der Waals surface area contributed by atoms with E-state index >= 15 is 0 Å². The van der Waals surface area contributed by atoms with E-state index in [0.717, 1.165) is 22.6 Å². The van der Waals surface area contributed by atoms with Gasteiger partial charge in [0.05, 0.1) is 17.9 Å². The smallest absolute Gasteiger partial charge is 0.221 e. The molecule has 1 aliphatic rings. The van der Waals surface area contributed by atoms with Gasteiger partial charge in [0.1, 0.15) is 11.5 Å². The normalized spacial score (nSPS) is 17.7. The van der Waals surface area contributed by atoms with Crippen molar-refractivity contribution in [2.45, 2.75) is 18.9 Å². The molecule has 23 heavy (non-hydrogen) atoms. The van der Waals surface area contributed by atoms with Crippen LogP contribution in [-0.2, 0) is 11.3 Å². The second-order valence-electron chi connectivity index (χ2n) is 5.57. The molecule has 6 heteroatoms. The predicted octanol–water partition coefficient (Wildman–Crippen LogP) is 3.28. The molecule has 1 aromatic carbocycles. The van der Waals surface area contributed by atoms with Gasteiger partial charge in [0.25, 0.3) is 0 Å². The number of imidazole rings is 1. The van der Waals surface area contributed by atoms with Gasteiger partial charge >= 0.3 is 0 Å². The van der Waals surface area contributed by atoms with E-state index < -0.39 is 5.82 Å². The lowest BCUT2D eigenvalue weighted by Crippen LogP contribution is -2.21. The van der Waals surface area contributed by atoms with Crippen LogP contribution in [0.3, 0.4) is 0 Å². The summed E-state index contributed by atoms with van der Waals surface area (Å²) in [5.74, 6) is -0.730. The number of carbonyl (C=O) groups is 1. The number of fused-ring (bicyclic) bond motifs is 3. The summed E-state index contributed by atoms with van der Waals surface area (Å²) in [5.41, 5.74) is 3.29. The highest BCUT2D eigenvalue weighted by molar-refractivity contribution is 6.31. The van der Waals surface area contributed by atoms with Gasteiger partial charge in [-0.1, -0.05) is 23.7 Å². The molecule has 0 saturated heterocycles. The number of benzene rings is 1. The molecular formula is C17H13ClFN3O. The summed E-state index contributed by atoms with van der Waals surface area (Å²) in [6.45, 7) is 0.380. The van der Waals surface area contributed by atoms with Crippen LogP contribution >= 0.6 is 11.6 Å². The largest absolute Gasteiger partial charge is 0.350 e. The summed E-state index contributed by atoms with van der Waals surface area (Å²) in [6, 6.07) is 10.0. The Kier molecular flexibility index (Phi) is 3.31. The van der Waals surface area contributed by atoms with Crippen molar-refractivity contribution >= 4 is 23.2 Å². The molecule has 0 saturated carbocycles. The minimum atomic E-state index is -0.393. The van der Waals surface area contributed by atoms with Crippen LogP contribution in [0.4, 0.5) is 4.39 Å². The number of amides is 1. The Balaban J connectivity index is 1.96. The lowest BCUT2D eigenvalue weighted by molar-refractivity contribution is -0.121. The standard InChI is InChI=1S/C17H13ClFN3O/c18-13-7-10(19)4-5-11(13)12-8-16(23)20-9-14-17(12)22-6-2-1-3-15(22)21-14/h1-7,12H,8-9H2,(H,20,23)/t12-/m1/s1. The van der Waals surface area contributed by atoms with Gasteiger partial charge in [-0.3, -0.25) is 4.79 Å². The quantitative estimate of drug-likeness (QED) is 0.744. The summed E-state index contributed by atoms with van der Waals surface area (Å²) in [5, 5.41) is 3.18. The third kappa shape index (κ3) is 2.37. The van der Waals surface area contributed by atoms with Crippen molar-refractivity contribution in [2.24, 2.45) is 0 Å². The topological polar surface area (TPSA) is 46.4 Å². The highest BCUT2D eigenvalue weighted by Crippen LogP contribution is 2.36. The second kappa shape index (κ2) is 5.35. The number of hydrogen-bond donors (Lipinski definition) is 1. The Bertz CT molecular complexity index is 921. The molecular weight excluding hydrogens is 317 g/mol. The van der Waals surface area contributed by atoms with E-state index in [1.807, 2.05) is 28.8 Å². The maximum atomic E-state index is 13.4. The van der Waals surface area contributed by atoms with Gasteiger partial charge in [-0.05, 0) is 29.8 Å². The first-order chi connectivity index (χ1) is 11.1. The van der Waals surface area contributed by atoms with Crippen molar-refractivity contribution < 1.29 is 9.18 Å². The number of hydrogen-bond acceptors (Lipinski definition) is 2. The molecule has 4 nitrogen and oxygen atoms in total. The van der Waals surface area contributed by atoms with E-state index in [0.29, 0.717) is 11.6 Å². The van der Waals surface area contributed by atoms with Gasteiger partial charge in [0.2, 0.25) is 5.91 Å². The van der Waals surface area contributed by atoms with Crippen molar-refractivity contribution in [3.63, 3.8) is 0 Å². The van der Waals surface area contributed by atoms with Crippen molar-refractivity contribution in [3.05, 3.63) is 70.4 Å². The van der Waals surface area contributed by atoms with Gasteiger partial charge in [0, 0.05) is 23.6 Å². The van der Waals surface area contributed by atoms with Crippen LogP contribution in [0.1, 0.15) is 29.3 Å². The summed E-state index contributed by atoms with van der Waals surface area (Å²) < 4.78 is 15.4. The van der Waals surface area contributed by atoms with Gasteiger partial charge in [-0.25, -0.2) is 9.37 Å². The number of halogens is 2. The van der Waals surface area contributed by atoms with Crippen LogP contribution < -0.4 is 5.32 Å². The van der Waals surface area contributed by atoms with Crippen molar-refractivity contribution in [1.82, 2.24) is 14.7 Å². The molecule has 0 radical (unpaired) electrons. The maximum Gasteiger partial charge on any atom is 0.221 e. The zero-order valence-electron chi connectivity index (χ0n) is 12.1. The minimum Gasteiger partial charge on any atom is -0.350 e. The Hall–Kier alpha value is -2.40. The molecule has 4 rings (SSSR count). The van der Waals surface area contributed by atoms with Crippen molar-refractivity contribution in [3.8, 4) is 0 Å². The number of pyridine rings is 1. The highest BCUT2D eigenvalue weighted by atomic mass is 35.5. The highest BCUT2D eigenvalue weighted by Gasteiger charge is 2.30. The molecule has 0 fully saturated rings. The maximum absolute atomic E-state index is 13.4. The van der Waals surface area contributed by atoms with E-state index in [1.54, 1.807) is 6.07 Å². The van der Waals surface area contributed by atoms with Gasteiger partial charge < -0.3 is 9.72 Å². The van der Waals surface area contributed by atoms with E-state index in [1.165, 1.54) is 12.1 Å². The minimum absolute atomic E-state index is 0.0712. The number of carbonyl (C=O) groups excluding carboxylic acids is 1. The monoisotopic (exact) mass is 329 g/mol. The van der Waals surface area contributed by atoms with E-state index in [2.05, 4.69) is 10.3 Å². The fourth-order valence-electron chi connectivity index (χ4n) is 3.14. The third-order valence-corrected chi connectivity index (χ3v) is 4.48. The molecule has 116 valence electrons. The zero-order chi connectivity index (χ0) is 16.0. The number of rotatable bonds is 1. The molecule has 1 N–H and O–H groups in total. The first-order valence-corrected chi connectivity index (χ1v) is 7.69. The fourth-order valence-corrected chi connectivity index (χ4v) is 3.44. The Morgan fingerprint density at radius 2 is 2.17 bits per heavy atom. The lowest BCUT2D eigenvalue weighted by atomic mass is 9.91. The Morgan fingerprint density at radius 1 is 1.30 bits per heavy atom. The first kappa shape index (κ1) is 14.2. The summed E-state index contributed by atoms with van der Waals surface area (Å²) in [6.07, 6.45) is 2.17. The van der Waals surface area contributed by atoms with Crippen molar-refractivity contribution in [1.29, 1.82) is 0 Å². The number of aromatic nitrogens is 2. The van der Waals surface area contributed by atoms with Gasteiger partial charge in [-0.2, -0.15) is 0 Å². The molecule has 1 atom stereocenters. The summed E-state index contributed by atoms with van der Waals surface area (Å²) in [4.78, 5) is 16.7. The molecule has 3 aromatic rings. The predicted molar refractivity (Wildman–Crippen MR) is 84.9 cm³/mol. The van der Waals surface area contributed by atoms with Crippen LogP contribution in [0.15, 0.2) is 42.6 Å². The average Bonchev–Trinajstić information content (AvgIpc) is 2.81. The lowest BCUT2D eigenvalue weighted by Gasteiger charge is -2.17. The van der Waals surface area contributed by atoms with E-state index in [-0.39, 0.29) is 18.2 Å². The SMILES string of the molecule is O=C1C[C@H](c2ccc(F)cc2Cl)c2c(nc3ccccn23)CN1. The van der Waals surface area contributed by atoms with Crippen LogP contribution in [0, 0.1) is 5.82 Å². The number of nitrogens with zero attached hydrogens (tertiary/aromatic N) is 2. The molecule has 0 aliphatic carbocycles. The summed E-state index contributed by atoms with van der Waals surface area (Å²) in [7, 11) is 0. The van der Waals surface area contributed by atoms with Crippen LogP contribution in [0.25, 0.3) is 5.65 Å². The van der Waals surface area contributed by atoms with Crippen LogP contribution in [0.5, 0.6) is 0 Å². The van der Waals surface area contributed by atoms with Gasteiger partial charge in [-0.15, -0.1) is 0 Å². The molecule has 1 aliphatic heterocycles. The van der Waals surface area contributed by atoms with Gasteiger partial charge in [0.15, 0.2) is 0 Å². The Labute approximate surface area is 136 Å². The van der Waals surface area contributed by atoms with E-state index in [9.17, 15) is 9.18 Å². The Morgan fingerprint density at radius 3 is 3.00 bits per heavy atom. The van der Waals surface area contributed by atoms with Crippen LogP contribution in [0.2, 0.25) is 5.02 Å². The average molecular weight is 330 g/mol. The molecule has 0 spiro atoms. The molecule has 1 amide bonds. The molecule has 0 bridgehead atoms.